The van der Waals surface area contributed by atoms with Crippen molar-refractivity contribution in [1.82, 2.24) is 24.7 Å². The van der Waals surface area contributed by atoms with E-state index in [1.807, 2.05) is 34.9 Å². The van der Waals surface area contributed by atoms with Gasteiger partial charge in [-0.05, 0) is 5.56 Å². The molecule has 2 fully saturated rings. The molecule has 2 aliphatic rings. The van der Waals surface area contributed by atoms with Crippen LogP contribution in [-0.4, -0.2) is 101 Å². The second kappa shape index (κ2) is 13.1. The van der Waals surface area contributed by atoms with E-state index >= 15 is 0 Å². The van der Waals surface area contributed by atoms with Gasteiger partial charge < -0.3 is 14.7 Å². The van der Waals surface area contributed by atoms with E-state index in [2.05, 4.69) is 44.1 Å². The normalized spacial score (nSPS) is 17.1. The molecule has 1 aromatic carbocycles. The number of nitrogens with zero attached hydrogens (tertiary/aromatic N) is 6. The third kappa shape index (κ3) is 7.44. The molecule has 1 aromatic heterocycles. The SMILES string of the molecule is CCC(=O)N1CCN(c2cc(Cl)nc(SCC(=O)N3CCN(CC=Cc4ccccc4)CC3)n2)CC1. The van der Waals surface area contributed by atoms with Gasteiger partial charge in [-0.1, -0.05) is 72.8 Å². The van der Waals surface area contributed by atoms with Gasteiger partial charge in [0, 0.05) is 71.4 Å². The summed E-state index contributed by atoms with van der Waals surface area (Å²) in [6.45, 7) is 8.67. The number of hydrogen-bond acceptors (Lipinski definition) is 7. The standard InChI is InChI=1S/C26H33ClN6O2S/c1-2-24(34)32-17-15-31(16-18-32)23-19-22(27)28-26(29-23)36-20-25(35)33-13-11-30(12-14-33)10-6-9-21-7-4-3-5-8-21/h3-9,19H,2,10-18,20H2,1H3. The second-order valence-corrected chi connectivity index (χ2v) is 10.2. The number of hydrogen-bond donors (Lipinski definition) is 0. The Kier molecular flexibility index (Phi) is 9.60. The number of anilines is 1. The summed E-state index contributed by atoms with van der Waals surface area (Å²) in [5, 5.41) is 0.863. The molecule has 0 unspecified atom stereocenters. The first kappa shape index (κ1) is 26.4. The first-order chi connectivity index (χ1) is 17.5. The number of aromatic nitrogens is 2. The molecule has 0 N–H and O–H groups in total. The number of carbonyl (C=O) groups is 2. The number of piperazine rings is 2. The molecule has 10 heteroatoms. The Morgan fingerprint density at radius 2 is 1.61 bits per heavy atom. The van der Waals surface area contributed by atoms with Gasteiger partial charge in [-0.2, -0.15) is 0 Å². The van der Waals surface area contributed by atoms with E-state index in [9.17, 15) is 9.59 Å². The van der Waals surface area contributed by atoms with E-state index in [0.717, 1.165) is 38.5 Å². The molecule has 2 aliphatic heterocycles. The van der Waals surface area contributed by atoms with Gasteiger partial charge in [-0.3, -0.25) is 14.5 Å². The van der Waals surface area contributed by atoms with Crippen LogP contribution in [-0.2, 0) is 9.59 Å². The van der Waals surface area contributed by atoms with Crippen molar-refractivity contribution in [2.75, 3.05) is 69.6 Å². The minimum atomic E-state index is 0.0938. The van der Waals surface area contributed by atoms with Gasteiger partial charge in [0.05, 0.1) is 5.75 Å². The molecular formula is C26H33ClN6O2S. The van der Waals surface area contributed by atoms with Crippen LogP contribution in [0.3, 0.4) is 0 Å². The predicted molar refractivity (Wildman–Crippen MR) is 145 cm³/mol. The van der Waals surface area contributed by atoms with Crippen LogP contribution in [0.2, 0.25) is 5.15 Å². The van der Waals surface area contributed by atoms with Gasteiger partial charge in [0.2, 0.25) is 11.8 Å². The third-order valence-electron chi connectivity index (χ3n) is 6.44. The number of halogens is 1. The molecule has 4 rings (SSSR count). The van der Waals surface area contributed by atoms with E-state index in [-0.39, 0.29) is 17.6 Å². The highest BCUT2D eigenvalue weighted by atomic mass is 35.5. The van der Waals surface area contributed by atoms with Crippen molar-refractivity contribution in [2.24, 2.45) is 0 Å². The Bertz CT molecular complexity index is 1050. The molecular weight excluding hydrogens is 496 g/mol. The molecule has 0 saturated carbocycles. The van der Waals surface area contributed by atoms with Crippen molar-refractivity contribution < 1.29 is 9.59 Å². The summed E-state index contributed by atoms with van der Waals surface area (Å²) in [4.78, 5) is 42.0. The van der Waals surface area contributed by atoms with E-state index in [4.69, 9.17) is 11.6 Å². The lowest BCUT2D eigenvalue weighted by atomic mass is 10.2. The molecule has 0 aliphatic carbocycles. The average molecular weight is 529 g/mol. The zero-order valence-corrected chi connectivity index (χ0v) is 22.3. The Morgan fingerprint density at radius 1 is 0.944 bits per heavy atom. The highest BCUT2D eigenvalue weighted by Gasteiger charge is 2.23. The van der Waals surface area contributed by atoms with E-state index in [1.54, 1.807) is 6.07 Å². The van der Waals surface area contributed by atoms with Crippen molar-refractivity contribution in [3.05, 3.63) is 53.2 Å². The highest BCUT2D eigenvalue weighted by molar-refractivity contribution is 7.99. The summed E-state index contributed by atoms with van der Waals surface area (Å²) in [7, 11) is 0. The van der Waals surface area contributed by atoms with E-state index < -0.39 is 0 Å². The van der Waals surface area contributed by atoms with Crippen LogP contribution in [0, 0.1) is 0 Å². The number of carbonyl (C=O) groups excluding carboxylic acids is 2. The second-order valence-electron chi connectivity index (χ2n) is 8.84. The molecule has 2 amide bonds. The fourth-order valence-electron chi connectivity index (χ4n) is 4.32. The Labute approximate surface area is 222 Å². The maximum Gasteiger partial charge on any atom is 0.233 e. The quantitative estimate of drug-likeness (QED) is 0.296. The average Bonchev–Trinajstić information content (AvgIpc) is 2.92. The summed E-state index contributed by atoms with van der Waals surface area (Å²) in [5.41, 5.74) is 1.20. The molecule has 192 valence electrons. The maximum atomic E-state index is 12.8. The predicted octanol–water partition coefficient (Wildman–Crippen LogP) is 3.14. The molecule has 0 radical (unpaired) electrons. The lowest BCUT2D eigenvalue weighted by Crippen LogP contribution is -2.49. The Morgan fingerprint density at radius 3 is 2.31 bits per heavy atom. The number of thioether (sulfide) groups is 1. The largest absolute Gasteiger partial charge is 0.353 e. The smallest absolute Gasteiger partial charge is 0.233 e. The summed E-state index contributed by atoms with van der Waals surface area (Å²) >= 11 is 7.59. The van der Waals surface area contributed by atoms with Crippen LogP contribution in [0.4, 0.5) is 5.82 Å². The van der Waals surface area contributed by atoms with Gasteiger partial charge >= 0.3 is 0 Å². The lowest BCUT2D eigenvalue weighted by Gasteiger charge is -2.35. The van der Waals surface area contributed by atoms with Crippen molar-refractivity contribution in [2.45, 2.75) is 18.5 Å². The van der Waals surface area contributed by atoms with Crippen LogP contribution in [0.15, 0.2) is 47.6 Å². The van der Waals surface area contributed by atoms with Crippen LogP contribution < -0.4 is 4.90 Å². The third-order valence-corrected chi connectivity index (χ3v) is 7.47. The lowest BCUT2D eigenvalue weighted by molar-refractivity contribution is -0.131. The number of rotatable bonds is 8. The van der Waals surface area contributed by atoms with Gasteiger partial charge in [-0.25, -0.2) is 9.97 Å². The fraction of sp³-hybridized carbons (Fsp3) is 0.462. The summed E-state index contributed by atoms with van der Waals surface area (Å²) in [6.07, 6.45) is 4.84. The summed E-state index contributed by atoms with van der Waals surface area (Å²) in [5.74, 6) is 1.29. The maximum absolute atomic E-state index is 12.8. The molecule has 8 nitrogen and oxygen atoms in total. The van der Waals surface area contributed by atoms with Crippen LogP contribution in [0.25, 0.3) is 6.08 Å². The molecule has 0 spiro atoms. The minimum absolute atomic E-state index is 0.0938. The zero-order valence-electron chi connectivity index (χ0n) is 20.7. The van der Waals surface area contributed by atoms with Crippen molar-refractivity contribution in [3.8, 4) is 0 Å². The molecule has 36 heavy (non-hydrogen) atoms. The van der Waals surface area contributed by atoms with Crippen LogP contribution in [0.5, 0.6) is 0 Å². The Hall–Kier alpha value is -2.62. The van der Waals surface area contributed by atoms with Gasteiger partial charge in [0.15, 0.2) is 5.16 Å². The summed E-state index contributed by atoms with van der Waals surface area (Å²) < 4.78 is 0. The van der Waals surface area contributed by atoms with Gasteiger partial charge in [0.1, 0.15) is 11.0 Å². The van der Waals surface area contributed by atoms with Gasteiger partial charge in [0.25, 0.3) is 0 Å². The topological polar surface area (TPSA) is 72.9 Å². The van der Waals surface area contributed by atoms with Crippen LogP contribution in [0.1, 0.15) is 18.9 Å². The zero-order chi connectivity index (χ0) is 25.3. The Balaban J connectivity index is 1.22. The van der Waals surface area contributed by atoms with Crippen molar-refractivity contribution in [3.63, 3.8) is 0 Å². The molecule has 0 bridgehead atoms. The van der Waals surface area contributed by atoms with Crippen molar-refractivity contribution >= 4 is 47.1 Å². The van der Waals surface area contributed by atoms with Gasteiger partial charge in [-0.15, -0.1) is 0 Å². The molecule has 2 saturated heterocycles. The highest BCUT2D eigenvalue weighted by Crippen LogP contribution is 2.23. The van der Waals surface area contributed by atoms with Crippen molar-refractivity contribution in [1.29, 1.82) is 0 Å². The number of amides is 2. The molecule has 0 atom stereocenters. The molecule has 2 aromatic rings. The van der Waals surface area contributed by atoms with E-state index in [0.29, 0.717) is 42.9 Å². The molecule has 3 heterocycles. The monoisotopic (exact) mass is 528 g/mol. The fourth-order valence-corrected chi connectivity index (χ4v) is 5.30. The van der Waals surface area contributed by atoms with E-state index in [1.165, 1.54) is 17.3 Å². The first-order valence-electron chi connectivity index (χ1n) is 12.4. The number of benzene rings is 1. The summed E-state index contributed by atoms with van der Waals surface area (Å²) in [6, 6.07) is 12.0. The van der Waals surface area contributed by atoms with Crippen LogP contribution >= 0.6 is 23.4 Å². The minimum Gasteiger partial charge on any atom is -0.353 e. The first-order valence-corrected chi connectivity index (χ1v) is 13.8.